The number of carbonyl (C=O) groups is 1. The van der Waals surface area contributed by atoms with E-state index in [1.54, 1.807) is 0 Å². The number of amides is 1. The van der Waals surface area contributed by atoms with E-state index in [0.29, 0.717) is 5.16 Å². The van der Waals surface area contributed by atoms with Gasteiger partial charge < -0.3 is 9.88 Å². The predicted octanol–water partition coefficient (Wildman–Crippen LogP) is 4.60. The highest BCUT2D eigenvalue weighted by atomic mass is 32.2. The van der Waals surface area contributed by atoms with Gasteiger partial charge in [-0.2, -0.15) is 0 Å². The molecule has 0 atom stereocenters. The van der Waals surface area contributed by atoms with Crippen LogP contribution in [-0.2, 0) is 17.8 Å². The van der Waals surface area contributed by atoms with Gasteiger partial charge in [-0.05, 0) is 51.0 Å². The van der Waals surface area contributed by atoms with Crippen LogP contribution in [0.2, 0.25) is 0 Å². The van der Waals surface area contributed by atoms with Gasteiger partial charge in [0, 0.05) is 29.9 Å². The minimum atomic E-state index is -0.0988. The Bertz CT molecular complexity index is 1310. The van der Waals surface area contributed by atoms with Crippen LogP contribution < -0.4 is 5.32 Å². The Kier molecular flexibility index (Phi) is 6.44. The first kappa shape index (κ1) is 22.3. The van der Waals surface area contributed by atoms with E-state index in [0.717, 1.165) is 60.2 Å². The molecule has 2 aromatic heterocycles. The van der Waals surface area contributed by atoms with E-state index in [-0.39, 0.29) is 11.7 Å². The van der Waals surface area contributed by atoms with Crippen LogP contribution in [0.25, 0.3) is 17.1 Å². The van der Waals surface area contributed by atoms with Gasteiger partial charge in [-0.3, -0.25) is 9.36 Å². The second-order valence-electron chi connectivity index (χ2n) is 8.52. The number of hydrogen-bond donors (Lipinski definition) is 1. The quantitative estimate of drug-likeness (QED) is 0.412. The van der Waals surface area contributed by atoms with E-state index < -0.39 is 0 Å². The first-order valence-corrected chi connectivity index (χ1v) is 12.5. The second kappa shape index (κ2) is 9.80. The maximum Gasteiger partial charge on any atom is 0.234 e. The normalized spacial score (nSPS) is 13.4. The number of thioether (sulfide) groups is 1. The fourth-order valence-corrected chi connectivity index (χ4v) is 4.99. The van der Waals surface area contributed by atoms with Crippen molar-refractivity contribution in [1.82, 2.24) is 29.5 Å². The van der Waals surface area contributed by atoms with E-state index in [4.69, 9.17) is 0 Å². The molecule has 1 aliphatic rings. The lowest BCUT2D eigenvalue weighted by atomic mass is 10.2. The summed E-state index contributed by atoms with van der Waals surface area (Å²) in [6, 6.07) is 16.0. The smallest absolute Gasteiger partial charge is 0.234 e. The summed E-state index contributed by atoms with van der Waals surface area (Å²) in [6.07, 6.45) is 4.47. The van der Waals surface area contributed by atoms with Gasteiger partial charge in [0.2, 0.25) is 5.91 Å². The Balaban J connectivity index is 1.27. The molecular formula is C25H27N7OS. The third kappa shape index (κ3) is 4.75. The zero-order valence-electron chi connectivity index (χ0n) is 19.4. The molecule has 174 valence electrons. The molecule has 2 aromatic carbocycles. The Labute approximate surface area is 202 Å². The first-order chi connectivity index (χ1) is 16.6. The summed E-state index contributed by atoms with van der Waals surface area (Å²) >= 11 is 1.37. The second-order valence-corrected chi connectivity index (χ2v) is 9.46. The van der Waals surface area contributed by atoms with Gasteiger partial charge in [-0.25, -0.2) is 0 Å². The van der Waals surface area contributed by atoms with Crippen LogP contribution in [-0.4, -0.2) is 41.2 Å². The van der Waals surface area contributed by atoms with Gasteiger partial charge in [0.15, 0.2) is 11.0 Å². The molecule has 3 heterocycles. The van der Waals surface area contributed by atoms with Gasteiger partial charge in [0.1, 0.15) is 11.6 Å². The van der Waals surface area contributed by atoms with Crippen LogP contribution in [0.5, 0.6) is 0 Å². The van der Waals surface area contributed by atoms with Crippen LogP contribution in [0.1, 0.15) is 36.5 Å². The largest absolute Gasteiger partial charge is 0.325 e. The van der Waals surface area contributed by atoms with Gasteiger partial charge in [-0.1, -0.05) is 48.0 Å². The predicted molar refractivity (Wildman–Crippen MR) is 133 cm³/mol. The molecule has 9 heteroatoms. The molecule has 0 saturated carbocycles. The molecule has 1 amide bonds. The summed E-state index contributed by atoms with van der Waals surface area (Å²) in [5.74, 6) is 2.83. The van der Waals surface area contributed by atoms with Crippen molar-refractivity contribution in [2.24, 2.45) is 0 Å². The lowest BCUT2D eigenvalue weighted by molar-refractivity contribution is -0.113. The summed E-state index contributed by atoms with van der Waals surface area (Å²) in [6.45, 7) is 4.90. The molecule has 4 aromatic rings. The van der Waals surface area contributed by atoms with Crippen LogP contribution in [0.3, 0.4) is 0 Å². The molecule has 8 nitrogen and oxygen atoms in total. The summed E-state index contributed by atoms with van der Waals surface area (Å²) in [7, 11) is 0. The monoisotopic (exact) mass is 473 g/mol. The third-order valence-electron chi connectivity index (χ3n) is 5.93. The van der Waals surface area contributed by atoms with Crippen LogP contribution >= 0.6 is 11.8 Å². The van der Waals surface area contributed by atoms with E-state index in [2.05, 4.69) is 49.3 Å². The lowest BCUT2D eigenvalue weighted by Crippen LogP contribution is -2.14. The van der Waals surface area contributed by atoms with E-state index >= 15 is 0 Å². The lowest BCUT2D eigenvalue weighted by Gasteiger charge is -2.10. The molecular weight excluding hydrogens is 446 g/mol. The van der Waals surface area contributed by atoms with E-state index in [1.165, 1.54) is 23.7 Å². The zero-order chi connectivity index (χ0) is 23.5. The zero-order valence-corrected chi connectivity index (χ0v) is 20.2. The number of benzene rings is 2. The number of nitrogens with one attached hydrogen (secondary N) is 1. The Morgan fingerprint density at radius 3 is 2.71 bits per heavy atom. The van der Waals surface area contributed by atoms with Crippen molar-refractivity contribution in [3.8, 4) is 17.1 Å². The molecule has 0 aliphatic carbocycles. The topological polar surface area (TPSA) is 90.5 Å². The summed E-state index contributed by atoms with van der Waals surface area (Å²) in [4.78, 5) is 12.7. The van der Waals surface area contributed by atoms with Gasteiger partial charge >= 0.3 is 0 Å². The Hall–Kier alpha value is -3.46. The minimum Gasteiger partial charge on any atom is -0.325 e. The average molecular weight is 474 g/mol. The number of fused-ring (bicyclic) bond motifs is 1. The number of aromatic nitrogens is 6. The van der Waals surface area contributed by atoms with Crippen LogP contribution in [0.15, 0.2) is 53.7 Å². The van der Waals surface area contributed by atoms with Gasteiger partial charge in [0.05, 0.1) is 5.75 Å². The molecule has 0 saturated heterocycles. The van der Waals surface area contributed by atoms with Gasteiger partial charge in [-0.15, -0.1) is 20.4 Å². The number of anilines is 1. The van der Waals surface area contributed by atoms with E-state index in [9.17, 15) is 4.79 Å². The fraction of sp³-hybridized carbons (Fsp3) is 0.320. The van der Waals surface area contributed by atoms with Crippen LogP contribution in [0, 0.1) is 13.8 Å². The molecule has 34 heavy (non-hydrogen) atoms. The number of nitrogens with zero attached hydrogens (tertiary/aromatic N) is 6. The highest BCUT2D eigenvalue weighted by Crippen LogP contribution is 2.26. The molecule has 5 rings (SSSR count). The number of carbonyl (C=O) groups excluding carboxylic acids is 1. The molecule has 0 fully saturated rings. The van der Waals surface area contributed by atoms with Crippen LogP contribution in [0.4, 0.5) is 5.69 Å². The van der Waals surface area contributed by atoms with Crippen molar-refractivity contribution in [1.29, 1.82) is 0 Å². The molecule has 0 radical (unpaired) electrons. The number of hydrogen-bond acceptors (Lipinski definition) is 6. The minimum absolute atomic E-state index is 0.0988. The molecule has 0 bridgehead atoms. The third-order valence-corrected chi connectivity index (χ3v) is 6.86. The Morgan fingerprint density at radius 1 is 1.00 bits per heavy atom. The van der Waals surface area contributed by atoms with Crippen molar-refractivity contribution in [3.63, 3.8) is 0 Å². The standard InChI is InChI=1S/C25H27N7OS/c1-17-10-12-21(13-11-17)32-18(2)27-30-25(32)34-16-23(33)26-20-8-6-7-19(15-20)24-29-28-22-9-4-3-5-14-31(22)24/h6-8,10-13,15H,3-5,9,14,16H2,1-2H3,(H,26,33). The summed E-state index contributed by atoms with van der Waals surface area (Å²) < 4.78 is 4.18. The molecule has 0 unspecified atom stereocenters. The first-order valence-electron chi connectivity index (χ1n) is 11.5. The highest BCUT2D eigenvalue weighted by Gasteiger charge is 2.17. The molecule has 1 aliphatic heterocycles. The van der Waals surface area contributed by atoms with Crippen molar-refractivity contribution in [2.45, 2.75) is 51.2 Å². The Morgan fingerprint density at radius 2 is 1.85 bits per heavy atom. The molecule has 1 N–H and O–H groups in total. The molecule has 0 spiro atoms. The number of rotatable bonds is 6. The summed E-state index contributed by atoms with van der Waals surface area (Å²) in [5, 5.41) is 21.0. The van der Waals surface area contributed by atoms with E-state index in [1.807, 2.05) is 47.9 Å². The maximum atomic E-state index is 12.7. The number of aryl methyl sites for hydroxylation is 3. The van der Waals surface area contributed by atoms with Crippen molar-refractivity contribution in [2.75, 3.05) is 11.1 Å². The average Bonchev–Trinajstić information content (AvgIpc) is 3.33. The SMILES string of the molecule is Cc1ccc(-n2c(C)nnc2SCC(=O)Nc2cccc(-c3nnc4n3CCCCC4)c2)cc1. The van der Waals surface area contributed by atoms with Crippen molar-refractivity contribution >= 4 is 23.4 Å². The maximum absolute atomic E-state index is 12.7. The van der Waals surface area contributed by atoms with Gasteiger partial charge in [0.25, 0.3) is 0 Å². The fourth-order valence-electron chi connectivity index (χ4n) is 4.19. The summed E-state index contributed by atoms with van der Waals surface area (Å²) in [5.41, 5.74) is 3.87. The van der Waals surface area contributed by atoms with Crippen molar-refractivity contribution in [3.05, 3.63) is 65.7 Å². The van der Waals surface area contributed by atoms with Crippen molar-refractivity contribution < 1.29 is 4.79 Å². The highest BCUT2D eigenvalue weighted by molar-refractivity contribution is 7.99.